The zero-order valence-corrected chi connectivity index (χ0v) is 9.48. The molecule has 0 amide bonds. The minimum absolute atomic E-state index is 0.0744. The number of guanidine groups is 1. The highest BCUT2D eigenvalue weighted by molar-refractivity contribution is 7.99. The molecule has 1 rings (SSSR count). The Morgan fingerprint density at radius 2 is 2.00 bits per heavy atom. The van der Waals surface area contributed by atoms with E-state index in [0.29, 0.717) is 5.96 Å². The molecule has 0 aromatic heterocycles. The molecule has 0 bridgehead atoms. The van der Waals surface area contributed by atoms with Crippen molar-refractivity contribution in [3.05, 3.63) is 0 Å². The van der Waals surface area contributed by atoms with Crippen LogP contribution < -0.4 is 5.73 Å². The maximum absolute atomic E-state index is 11.6. The van der Waals surface area contributed by atoms with Gasteiger partial charge in [0.1, 0.15) is 0 Å². The number of aliphatic imine (C=N–C) groups is 1. The Morgan fingerprint density at radius 3 is 2.56 bits per heavy atom. The zero-order valence-electron chi connectivity index (χ0n) is 8.66. The fourth-order valence-electron chi connectivity index (χ4n) is 1.21. The molecule has 0 radical (unpaired) electrons. The summed E-state index contributed by atoms with van der Waals surface area (Å²) in [6.45, 7) is 1.02. The molecule has 0 atom stereocenters. The highest BCUT2D eigenvalue weighted by Crippen LogP contribution is 2.15. The third-order valence-electron chi connectivity index (χ3n) is 1.97. The van der Waals surface area contributed by atoms with Crippen LogP contribution in [0.25, 0.3) is 0 Å². The number of rotatable bonds is 3. The average Bonchev–Trinajstić information content (AvgIpc) is 2.24. The second kappa shape index (κ2) is 6.19. The van der Waals surface area contributed by atoms with E-state index in [9.17, 15) is 13.2 Å². The van der Waals surface area contributed by atoms with Crippen LogP contribution in [0.1, 0.15) is 0 Å². The molecule has 1 saturated heterocycles. The van der Waals surface area contributed by atoms with E-state index >= 15 is 0 Å². The molecule has 0 unspecified atom stereocenters. The topological polar surface area (TPSA) is 50.9 Å². The number of halogens is 3. The lowest BCUT2D eigenvalue weighted by molar-refractivity contribution is -0.323. The first-order valence-corrected chi connectivity index (χ1v) is 5.98. The number of hydrogen-bond acceptors (Lipinski definition) is 3. The van der Waals surface area contributed by atoms with Gasteiger partial charge in [-0.15, -0.1) is 13.2 Å². The summed E-state index contributed by atoms with van der Waals surface area (Å²) in [5, 5.41) is 0. The Labute approximate surface area is 96.0 Å². The summed E-state index contributed by atoms with van der Waals surface area (Å²) >= 11 is 1.82. The summed E-state index contributed by atoms with van der Waals surface area (Å²) in [5.41, 5.74) is 5.63. The first-order chi connectivity index (χ1) is 7.49. The standard InChI is InChI=1S/C8H14F3N3OS/c9-8(10,11)15-4-1-13-7(12)14-2-5-16-6-3-14/h1-6H2,(H2,12,13). The van der Waals surface area contributed by atoms with Gasteiger partial charge in [-0.3, -0.25) is 9.73 Å². The second-order valence-electron chi connectivity index (χ2n) is 3.13. The zero-order chi connectivity index (χ0) is 12.0. The van der Waals surface area contributed by atoms with Crippen LogP contribution in [0.5, 0.6) is 0 Å². The number of alkyl halides is 3. The van der Waals surface area contributed by atoms with Gasteiger partial charge < -0.3 is 10.6 Å². The Hall–Kier alpha value is -0.630. The molecular weight excluding hydrogens is 243 g/mol. The van der Waals surface area contributed by atoms with Gasteiger partial charge in [-0.05, 0) is 0 Å². The van der Waals surface area contributed by atoms with Crippen molar-refractivity contribution in [1.29, 1.82) is 0 Å². The third-order valence-corrected chi connectivity index (χ3v) is 2.91. The van der Waals surface area contributed by atoms with Crippen molar-refractivity contribution in [2.45, 2.75) is 6.36 Å². The number of hydrogen-bond donors (Lipinski definition) is 1. The molecule has 2 N–H and O–H groups in total. The molecule has 94 valence electrons. The van der Waals surface area contributed by atoms with Crippen molar-refractivity contribution in [1.82, 2.24) is 4.90 Å². The third kappa shape index (κ3) is 5.45. The van der Waals surface area contributed by atoms with Crippen molar-refractivity contribution in [2.75, 3.05) is 37.7 Å². The van der Waals surface area contributed by atoms with Crippen molar-refractivity contribution in [3.63, 3.8) is 0 Å². The van der Waals surface area contributed by atoms with E-state index in [1.54, 1.807) is 0 Å². The fraction of sp³-hybridized carbons (Fsp3) is 0.875. The Kier molecular flexibility index (Phi) is 5.20. The van der Waals surface area contributed by atoms with Crippen molar-refractivity contribution in [2.24, 2.45) is 10.7 Å². The van der Waals surface area contributed by atoms with E-state index in [1.165, 1.54) is 0 Å². The Balaban J connectivity index is 2.22. The number of ether oxygens (including phenoxy) is 1. The van der Waals surface area contributed by atoms with Gasteiger partial charge in [0.25, 0.3) is 0 Å². The number of nitrogens with two attached hydrogens (primary N) is 1. The molecule has 1 aliphatic rings. The molecule has 0 spiro atoms. The molecule has 16 heavy (non-hydrogen) atoms. The summed E-state index contributed by atoms with van der Waals surface area (Å²) in [6.07, 6.45) is -4.59. The average molecular weight is 257 g/mol. The minimum atomic E-state index is -4.59. The monoisotopic (exact) mass is 257 g/mol. The molecule has 0 aromatic rings. The van der Waals surface area contributed by atoms with Crippen LogP contribution in [0.2, 0.25) is 0 Å². The quantitative estimate of drug-likeness (QED) is 0.463. The molecule has 1 aliphatic heterocycles. The lowest BCUT2D eigenvalue weighted by Gasteiger charge is -2.27. The van der Waals surface area contributed by atoms with Crippen LogP contribution in [0.3, 0.4) is 0 Å². The smallest absolute Gasteiger partial charge is 0.370 e. The first-order valence-electron chi connectivity index (χ1n) is 4.82. The van der Waals surface area contributed by atoms with Gasteiger partial charge in [0.2, 0.25) is 0 Å². The molecule has 0 aromatic carbocycles. The molecule has 8 heteroatoms. The summed E-state index contributed by atoms with van der Waals surface area (Å²) < 4.78 is 38.4. The van der Waals surface area contributed by atoms with E-state index in [2.05, 4.69) is 9.73 Å². The van der Waals surface area contributed by atoms with Crippen LogP contribution in [0.15, 0.2) is 4.99 Å². The maximum Gasteiger partial charge on any atom is 0.522 e. The SMILES string of the molecule is NC(=NCCOC(F)(F)F)N1CCSCC1. The van der Waals surface area contributed by atoms with Gasteiger partial charge in [-0.1, -0.05) is 0 Å². The molecule has 1 heterocycles. The van der Waals surface area contributed by atoms with Gasteiger partial charge in [-0.2, -0.15) is 11.8 Å². The highest BCUT2D eigenvalue weighted by atomic mass is 32.2. The first kappa shape index (κ1) is 13.4. The van der Waals surface area contributed by atoms with E-state index < -0.39 is 13.0 Å². The second-order valence-corrected chi connectivity index (χ2v) is 4.36. The van der Waals surface area contributed by atoms with Crippen molar-refractivity contribution < 1.29 is 17.9 Å². The summed E-state index contributed by atoms with van der Waals surface area (Å²) in [7, 11) is 0. The van der Waals surface area contributed by atoms with Gasteiger partial charge in [-0.25, -0.2) is 0 Å². The number of nitrogens with zero attached hydrogens (tertiary/aromatic N) is 2. The van der Waals surface area contributed by atoms with Crippen molar-refractivity contribution >= 4 is 17.7 Å². The van der Waals surface area contributed by atoms with Gasteiger partial charge in [0, 0.05) is 24.6 Å². The largest absolute Gasteiger partial charge is 0.522 e. The van der Waals surface area contributed by atoms with Gasteiger partial charge >= 0.3 is 6.36 Å². The molecule has 1 fully saturated rings. The summed E-state index contributed by atoms with van der Waals surface area (Å²) in [5.74, 6) is 2.23. The van der Waals surface area contributed by atoms with Crippen LogP contribution in [-0.2, 0) is 4.74 Å². The van der Waals surface area contributed by atoms with E-state index in [0.717, 1.165) is 24.6 Å². The lowest BCUT2D eigenvalue weighted by Crippen LogP contribution is -2.42. The van der Waals surface area contributed by atoms with Crippen LogP contribution in [-0.4, -0.2) is 55.0 Å². The van der Waals surface area contributed by atoms with Crippen molar-refractivity contribution in [3.8, 4) is 0 Å². The van der Waals surface area contributed by atoms with Crippen LogP contribution in [0.4, 0.5) is 13.2 Å². The van der Waals surface area contributed by atoms with E-state index in [-0.39, 0.29) is 6.54 Å². The lowest BCUT2D eigenvalue weighted by atomic mass is 10.5. The molecular formula is C8H14F3N3OS. The minimum Gasteiger partial charge on any atom is -0.370 e. The molecule has 0 aliphatic carbocycles. The molecule has 0 saturated carbocycles. The van der Waals surface area contributed by atoms with Crippen LogP contribution in [0, 0.1) is 0 Å². The van der Waals surface area contributed by atoms with Gasteiger partial charge in [0.15, 0.2) is 5.96 Å². The summed E-state index contributed by atoms with van der Waals surface area (Å²) in [4.78, 5) is 5.70. The molecule has 4 nitrogen and oxygen atoms in total. The van der Waals surface area contributed by atoms with Crippen LogP contribution >= 0.6 is 11.8 Å². The predicted octanol–water partition coefficient (Wildman–Crippen LogP) is 0.886. The Morgan fingerprint density at radius 1 is 1.38 bits per heavy atom. The maximum atomic E-state index is 11.6. The van der Waals surface area contributed by atoms with Gasteiger partial charge in [0.05, 0.1) is 13.2 Å². The predicted molar refractivity (Wildman–Crippen MR) is 57.4 cm³/mol. The fourth-order valence-corrected chi connectivity index (χ4v) is 2.12. The Bertz CT molecular complexity index is 241. The normalized spacial score (nSPS) is 18.9. The summed E-state index contributed by atoms with van der Waals surface area (Å²) in [6, 6.07) is 0. The number of thioether (sulfide) groups is 1. The van der Waals surface area contributed by atoms with E-state index in [4.69, 9.17) is 5.73 Å². The highest BCUT2D eigenvalue weighted by Gasteiger charge is 2.28. The van der Waals surface area contributed by atoms with E-state index in [1.807, 2.05) is 16.7 Å².